The minimum absolute atomic E-state index is 0.00627. The fraction of sp³-hybridized carbons (Fsp3) is 0.294. The maximum absolute atomic E-state index is 12.8. The molecule has 1 unspecified atom stereocenters. The Balaban J connectivity index is 1.87. The van der Waals surface area contributed by atoms with Crippen LogP contribution in [0.3, 0.4) is 0 Å². The van der Waals surface area contributed by atoms with Crippen LogP contribution in [0.25, 0.3) is 10.8 Å². The van der Waals surface area contributed by atoms with Crippen molar-refractivity contribution in [1.82, 2.24) is 4.90 Å². The van der Waals surface area contributed by atoms with Crippen LogP contribution >= 0.6 is 11.8 Å². The van der Waals surface area contributed by atoms with E-state index in [1.54, 1.807) is 16.7 Å². The summed E-state index contributed by atoms with van der Waals surface area (Å²) in [5, 5.41) is 11.1. The van der Waals surface area contributed by atoms with Gasteiger partial charge in [0, 0.05) is 23.6 Å². The predicted octanol–water partition coefficient (Wildman–Crippen LogP) is 2.87. The van der Waals surface area contributed by atoms with Crippen LogP contribution in [-0.4, -0.2) is 46.0 Å². The number of hydrogen-bond donors (Lipinski definition) is 1. The van der Waals surface area contributed by atoms with Crippen molar-refractivity contribution < 1.29 is 14.7 Å². The zero-order chi connectivity index (χ0) is 15.5. The Morgan fingerprint density at radius 2 is 1.95 bits per heavy atom. The predicted molar refractivity (Wildman–Crippen MR) is 88.4 cm³/mol. The van der Waals surface area contributed by atoms with Crippen LogP contribution in [0.15, 0.2) is 42.5 Å². The van der Waals surface area contributed by atoms with Crippen molar-refractivity contribution in [2.24, 2.45) is 0 Å². The molecule has 22 heavy (non-hydrogen) atoms. The van der Waals surface area contributed by atoms with Gasteiger partial charge in [-0.3, -0.25) is 9.59 Å². The van der Waals surface area contributed by atoms with Crippen molar-refractivity contribution in [3.63, 3.8) is 0 Å². The molecule has 4 nitrogen and oxygen atoms in total. The van der Waals surface area contributed by atoms with Crippen LogP contribution in [0, 0.1) is 0 Å². The van der Waals surface area contributed by atoms with Crippen molar-refractivity contribution in [1.29, 1.82) is 0 Å². The van der Waals surface area contributed by atoms with Crippen LogP contribution < -0.4 is 0 Å². The average Bonchev–Trinajstić information content (AvgIpc) is 2.54. The molecule has 1 amide bonds. The van der Waals surface area contributed by atoms with E-state index in [9.17, 15) is 9.59 Å². The molecule has 0 spiro atoms. The van der Waals surface area contributed by atoms with Gasteiger partial charge in [-0.25, -0.2) is 0 Å². The molecule has 0 aromatic heterocycles. The molecule has 2 aromatic rings. The highest BCUT2D eigenvalue weighted by Gasteiger charge is 2.29. The first-order valence-corrected chi connectivity index (χ1v) is 8.40. The molecular formula is C17H17NO3S. The maximum atomic E-state index is 12.8. The fourth-order valence-corrected chi connectivity index (χ4v) is 3.84. The van der Waals surface area contributed by atoms with Crippen molar-refractivity contribution in [2.75, 3.05) is 18.1 Å². The number of thioether (sulfide) groups is 1. The summed E-state index contributed by atoms with van der Waals surface area (Å²) < 4.78 is 0. The van der Waals surface area contributed by atoms with Gasteiger partial charge in [0.1, 0.15) is 0 Å². The molecule has 0 aliphatic carbocycles. The highest BCUT2D eigenvalue weighted by Crippen LogP contribution is 2.23. The molecule has 5 heteroatoms. The van der Waals surface area contributed by atoms with E-state index in [4.69, 9.17) is 5.11 Å². The second-order valence-corrected chi connectivity index (χ2v) is 6.54. The summed E-state index contributed by atoms with van der Waals surface area (Å²) in [4.78, 5) is 25.5. The Kier molecular flexibility index (Phi) is 4.34. The summed E-state index contributed by atoms with van der Waals surface area (Å²) in [5.74, 6) is 0.613. The molecular weight excluding hydrogens is 298 g/mol. The number of nitrogens with zero attached hydrogens (tertiary/aromatic N) is 1. The third-order valence-corrected chi connectivity index (χ3v) is 4.99. The van der Waals surface area contributed by atoms with E-state index in [0.29, 0.717) is 17.9 Å². The second kappa shape index (κ2) is 6.40. The Morgan fingerprint density at radius 1 is 1.18 bits per heavy atom. The lowest BCUT2D eigenvalue weighted by Gasteiger charge is -2.34. The summed E-state index contributed by atoms with van der Waals surface area (Å²) in [5.41, 5.74) is 0.626. The minimum atomic E-state index is -0.858. The van der Waals surface area contributed by atoms with Gasteiger partial charge in [0.05, 0.1) is 12.5 Å². The summed E-state index contributed by atoms with van der Waals surface area (Å²) in [6.45, 7) is 0.605. The van der Waals surface area contributed by atoms with Gasteiger partial charge in [-0.15, -0.1) is 0 Å². The third kappa shape index (κ3) is 3.09. The standard InChI is InChI=1S/C17H17NO3S/c19-16(20)10-15-11-22-8-7-18(15)17(21)14-6-5-12-3-1-2-4-13(12)9-14/h1-6,9,15H,7-8,10-11H2,(H,19,20). The maximum Gasteiger partial charge on any atom is 0.305 e. The van der Waals surface area contributed by atoms with Crippen molar-refractivity contribution in [3.8, 4) is 0 Å². The number of rotatable bonds is 3. The quantitative estimate of drug-likeness (QED) is 0.946. The zero-order valence-corrected chi connectivity index (χ0v) is 12.9. The summed E-state index contributed by atoms with van der Waals surface area (Å²) in [6.07, 6.45) is 0.00627. The zero-order valence-electron chi connectivity index (χ0n) is 12.1. The summed E-state index contributed by atoms with van der Waals surface area (Å²) >= 11 is 1.71. The second-order valence-electron chi connectivity index (χ2n) is 5.39. The van der Waals surface area contributed by atoms with Crippen molar-refractivity contribution in [3.05, 3.63) is 48.0 Å². The van der Waals surface area contributed by atoms with E-state index in [1.807, 2.05) is 42.5 Å². The largest absolute Gasteiger partial charge is 0.481 e. The number of amides is 1. The van der Waals surface area contributed by atoms with Gasteiger partial charge in [-0.05, 0) is 22.9 Å². The van der Waals surface area contributed by atoms with Crippen LogP contribution in [0.1, 0.15) is 16.8 Å². The van der Waals surface area contributed by atoms with Crippen LogP contribution in [-0.2, 0) is 4.79 Å². The highest BCUT2D eigenvalue weighted by atomic mass is 32.2. The summed E-state index contributed by atoms with van der Waals surface area (Å²) in [6, 6.07) is 13.3. The lowest BCUT2D eigenvalue weighted by molar-refractivity contribution is -0.138. The molecule has 1 fully saturated rings. The van der Waals surface area contributed by atoms with E-state index >= 15 is 0 Å². The van der Waals surface area contributed by atoms with E-state index in [0.717, 1.165) is 16.5 Å². The molecule has 1 N–H and O–H groups in total. The first kappa shape index (κ1) is 14.9. The van der Waals surface area contributed by atoms with Gasteiger partial charge in [0.2, 0.25) is 0 Å². The van der Waals surface area contributed by atoms with E-state index < -0.39 is 5.97 Å². The number of carbonyl (C=O) groups is 2. The fourth-order valence-electron chi connectivity index (χ4n) is 2.78. The molecule has 1 saturated heterocycles. The molecule has 1 aliphatic heterocycles. The average molecular weight is 315 g/mol. The Hall–Kier alpha value is -2.01. The lowest BCUT2D eigenvalue weighted by atomic mass is 10.1. The van der Waals surface area contributed by atoms with Crippen LogP contribution in [0.2, 0.25) is 0 Å². The van der Waals surface area contributed by atoms with Crippen LogP contribution in [0.5, 0.6) is 0 Å². The van der Waals surface area contributed by atoms with Gasteiger partial charge >= 0.3 is 5.97 Å². The first-order valence-electron chi connectivity index (χ1n) is 7.24. The van der Waals surface area contributed by atoms with Crippen molar-refractivity contribution in [2.45, 2.75) is 12.5 Å². The van der Waals surface area contributed by atoms with E-state index in [1.165, 1.54) is 0 Å². The molecule has 1 atom stereocenters. The van der Waals surface area contributed by atoms with Gasteiger partial charge < -0.3 is 10.0 Å². The molecule has 114 valence electrons. The van der Waals surface area contributed by atoms with Gasteiger partial charge in [-0.2, -0.15) is 11.8 Å². The number of hydrogen-bond acceptors (Lipinski definition) is 3. The highest BCUT2D eigenvalue weighted by molar-refractivity contribution is 7.99. The summed E-state index contributed by atoms with van der Waals surface area (Å²) in [7, 11) is 0. The number of benzene rings is 2. The topological polar surface area (TPSA) is 57.6 Å². The molecule has 0 saturated carbocycles. The van der Waals surface area contributed by atoms with Gasteiger partial charge in [0.15, 0.2) is 0 Å². The van der Waals surface area contributed by atoms with Gasteiger partial charge in [-0.1, -0.05) is 30.3 Å². The Morgan fingerprint density at radius 3 is 2.73 bits per heavy atom. The molecule has 0 radical (unpaired) electrons. The number of carbonyl (C=O) groups excluding carboxylic acids is 1. The lowest BCUT2D eigenvalue weighted by Crippen LogP contribution is -2.47. The van der Waals surface area contributed by atoms with Crippen LogP contribution in [0.4, 0.5) is 0 Å². The molecule has 3 rings (SSSR count). The van der Waals surface area contributed by atoms with E-state index in [-0.39, 0.29) is 18.4 Å². The molecule has 0 bridgehead atoms. The smallest absolute Gasteiger partial charge is 0.305 e. The number of fused-ring (bicyclic) bond motifs is 1. The van der Waals surface area contributed by atoms with Gasteiger partial charge in [0.25, 0.3) is 5.91 Å². The minimum Gasteiger partial charge on any atom is -0.481 e. The number of carboxylic acid groups (broad SMARTS) is 1. The van der Waals surface area contributed by atoms with E-state index in [2.05, 4.69) is 0 Å². The number of aliphatic carboxylic acids is 1. The SMILES string of the molecule is O=C(O)CC1CSCCN1C(=O)c1ccc2ccccc2c1. The normalized spacial score (nSPS) is 18.4. The monoisotopic (exact) mass is 315 g/mol. The molecule has 2 aromatic carbocycles. The Labute approximate surface area is 133 Å². The number of carboxylic acids is 1. The molecule has 1 heterocycles. The Bertz CT molecular complexity index is 716. The van der Waals surface area contributed by atoms with Crippen molar-refractivity contribution >= 4 is 34.4 Å². The third-order valence-electron chi connectivity index (χ3n) is 3.90. The molecule has 1 aliphatic rings. The first-order chi connectivity index (χ1) is 10.6.